The zero-order valence-electron chi connectivity index (χ0n) is 8.64. The highest BCUT2D eigenvalue weighted by molar-refractivity contribution is 7.89. The maximum Gasteiger partial charge on any atom is 0.261 e. The molecule has 0 saturated heterocycles. The number of rotatable bonds is 1. The molecule has 2 heterocycles. The Morgan fingerprint density at radius 3 is 2.93 bits per heavy atom. The summed E-state index contributed by atoms with van der Waals surface area (Å²) in [6, 6.07) is 3.76. The monoisotopic (exact) mass is 227 g/mol. The number of nitrogens with zero attached hydrogens (tertiary/aromatic N) is 2. The Kier molecular flexibility index (Phi) is 2.40. The Morgan fingerprint density at radius 1 is 1.53 bits per heavy atom. The molecule has 82 valence electrons. The highest BCUT2D eigenvalue weighted by atomic mass is 32.2. The van der Waals surface area contributed by atoms with E-state index in [-0.39, 0.29) is 11.1 Å². The SMILES string of the molecule is CC(C)N1CNS(=O)(=O)c2ncccc21. The van der Waals surface area contributed by atoms with Crippen LogP contribution in [-0.4, -0.2) is 26.1 Å². The van der Waals surface area contributed by atoms with Gasteiger partial charge < -0.3 is 4.90 Å². The van der Waals surface area contributed by atoms with Gasteiger partial charge in [0, 0.05) is 12.2 Å². The minimum atomic E-state index is -3.41. The van der Waals surface area contributed by atoms with Crippen LogP contribution in [0.4, 0.5) is 5.69 Å². The third-order valence-corrected chi connectivity index (χ3v) is 3.70. The van der Waals surface area contributed by atoms with E-state index >= 15 is 0 Å². The number of fused-ring (bicyclic) bond motifs is 1. The van der Waals surface area contributed by atoms with E-state index < -0.39 is 10.0 Å². The molecule has 1 aliphatic heterocycles. The number of hydrogen-bond acceptors (Lipinski definition) is 4. The Balaban J connectivity index is 2.59. The molecule has 1 aromatic heterocycles. The van der Waals surface area contributed by atoms with Crippen molar-refractivity contribution in [3.63, 3.8) is 0 Å². The topological polar surface area (TPSA) is 62.3 Å². The zero-order valence-corrected chi connectivity index (χ0v) is 9.45. The molecule has 15 heavy (non-hydrogen) atoms. The molecule has 0 amide bonds. The second-order valence-electron chi connectivity index (χ2n) is 3.70. The van der Waals surface area contributed by atoms with Gasteiger partial charge in [-0.2, -0.15) is 4.72 Å². The third-order valence-electron chi connectivity index (χ3n) is 2.36. The van der Waals surface area contributed by atoms with E-state index in [1.165, 1.54) is 6.20 Å². The lowest BCUT2D eigenvalue weighted by Gasteiger charge is -2.33. The van der Waals surface area contributed by atoms with Crippen molar-refractivity contribution < 1.29 is 8.42 Å². The van der Waals surface area contributed by atoms with Gasteiger partial charge in [0.2, 0.25) is 0 Å². The van der Waals surface area contributed by atoms with Crippen LogP contribution in [0, 0.1) is 0 Å². The van der Waals surface area contributed by atoms with E-state index in [1.807, 2.05) is 18.7 Å². The molecule has 0 saturated carbocycles. The van der Waals surface area contributed by atoms with Crippen molar-refractivity contribution in [1.29, 1.82) is 0 Å². The standard InChI is InChI=1S/C9H13N3O2S/c1-7(2)12-6-11-15(13,14)9-8(12)4-3-5-10-9/h3-5,7,11H,6H2,1-2H3. The first-order chi connectivity index (χ1) is 7.02. The van der Waals surface area contributed by atoms with Gasteiger partial charge in [0.05, 0.1) is 12.4 Å². The molecule has 0 unspecified atom stereocenters. The van der Waals surface area contributed by atoms with Crippen LogP contribution in [-0.2, 0) is 10.0 Å². The molecule has 0 fully saturated rings. The molecule has 1 aromatic rings. The fourth-order valence-corrected chi connectivity index (χ4v) is 2.68. The van der Waals surface area contributed by atoms with E-state index in [0.29, 0.717) is 12.4 Å². The second-order valence-corrected chi connectivity index (χ2v) is 5.38. The number of nitrogens with one attached hydrogen (secondary N) is 1. The minimum Gasteiger partial charge on any atom is -0.353 e. The van der Waals surface area contributed by atoms with Gasteiger partial charge in [-0.3, -0.25) is 0 Å². The average molecular weight is 227 g/mol. The molecule has 2 rings (SSSR count). The quantitative estimate of drug-likeness (QED) is 0.761. The van der Waals surface area contributed by atoms with Gasteiger partial charge >= 0.3 is 0 Å². The second kappa shape index (κ2) is 3.46. The van der Waals surface area contributed by atoms with Crippen molar-refractivity contribution in [3.05, 3.63) is 18.3 Å². The molecule has 0 radical (unpaired) electrons. The largest absolute Gasteiger partial charge is 0.353 e. The third kappa shape index (κ3) is 1.70. The molecule has 0 bridgehead atoms. The highest BCUT2D eigenvalue weighted by Crippen LogP contribution is 2.27. The summed E-state index contributed by atoms with van der Waals surface area (Å²) in [6.45, 7) is 4.32. The molecular formula is C9H13N3O2S. The Morgan fingerprint density at radius 2 is 2.27 bits per heavy atom. The van der Waals surface area contributed by atoms with Crippen LogP contribution >= 0.6 is 0 Å². The van der Waals surface area contributed by atoms with Gasteiger partial charge in [0.15, 0.2) is 5.03 Å². The van der Waals surface area contributed by atoms with E-state index in [1.54, 1.807) is 12.1 Å². The maximum atomic E-state index is 11.6. The first kappa shape index (κ1) is 10.4. The van der Waals surface area contributed by atoms with Gasteiger partial charge in [0.25, 0.3) is 10.0 Å². The molecular weight excluding hydrogens is 214 g/mol. The van der Waals surface area contributed by atoms with Crippen LogP contribution < -0.4 is 9.62 Å². The molecule has 0 aromatic carbocycles. The lowest BCUT2D eigenvalue weighted by Crippen LogP contribution is -2.46. The highest BCUT2D eigenvalue weighted by Gasteiger charge is 2.29. The maximum absolute atomic E-state index is 11.6. The lowest BCUT2D eigenvalue weighted by atomic mass is 10.3. The summed E-state index contributed by atoms with van der Waals surface area (Å²) in [6.07, 6.45) is 1.49. The van der Waals surface area contributed by atoms with Crippen molar-refractivity contribution in [3.8, 4) is 0 Å². The molecule has 6 heteroatoms. The van der Waals surface area contributed by atoms with Gasteiger partial charge in [-0.1, -0.05) is 0 Å². The first-order valence-corrected chi connectivity index (χ1v) is 6.22. The van der Waals surface area contributed by atoms with Crippen molar-refractivity contribution in [2.45, 2.75) is 24.9 Å². The van der Waals surface area contributed by atoms with E-state index in [0.717, 1.165) is 0 Å². The predicted octanol–water partition coefficient (Wildman–Crippen LogP) is 0.546. The molecule has 1 N–H and O–H groups in total. The normalized spacial score (nSPS) is 19.0. The Bertz CT molecular complexity index is 470. The summed E-state index contributed by atoms with van der Waals surface area (Å²) in [5.41, 5.74) is 0.672. The van der Waals surface area contributed by atoms with Crippen LogP contribution in [0.1, 0.15) is 13.8 Å². The fourth-order valence-electron chi connectivity index (χ4n) is 1.58. The number of aromatic nitrogens is 1. The fraction of sp³-hybridized carbons (Fsp3) is 0.444. The van der Waals surface area contributed by atoms with Gasteiger partial charge in [0.1, 0.15) is 0 Å². The summed E-state index contributed by atoms with van der Waals surface area (Å²) in [4.78, 5) is 5.87. The van der Waals surface area contributed by atoms with Crippen molar-refractivity contribution >= 4 is 15.7 Å². The predicted molar refractivity (Wildman–Crippen MR) is 57.0 cm³/mol. The molecule has 0 spiro atoms. The zero-order chi connectivity index (χ0) is 11.1. The number of hydrogen-bond donors (Lipinski definition) is 1. The van der Waals surface area contributed by atoms with Crippen molar-refractivity contribution in [2.24, 2.45) is 0 Å². The van der Waals surface area contributed by atoms with Crippen LogP contribution in [0.3, 0.4) is 0 Å². The van der Waals surface area contributed by atoms with Gasteiger partial charge in [-0.15, -0.1) is 0 Å². The van der Waals surface area contributed by atoms with Crippen molar-refractivity contribution in [1.82, 2.24) is 9.71 Å². The summed E-state index contributed by atoms with van der Waals surface area (Å²) in [5.74, 6) is 0. The molecule has 0 aliphatic carbocycles. The minimum absolute atomic E-state index is 0.116. The molecule has 0 atom stereocenters. The van der Waals surface area contributed by atoms with E-state index in [4.69, 9.17) is 0 Å². The number of sulfonamides is 1. The van der Waals surface area contributed by atoms with Crippen LogP contribution in [0.5, 0.6) is 0 Å². The first-order valence-electron chi connectivity index (χ1n) is 4.74. The van der Waals surface area contributed by atoms with E-state index in [9.17, 15) is 8.42 Å². The summed E-state index contributed by atoms with van der Waals surface area (Å²) in [5, 5.41) is 0.116. The smallest absolute Gasteiger partial charge is 0.261 e. The summed E-state index contributed by atoms with van der Waals surface area (Å²) in [7, 11) is -3.41. The number of anilines is 1. The lowest BCUT2D eigenvalue weighted by molar-refractivity contribution is 0.555. The van der Waals surface area contributed by atoms with Gasteiger partial charge in [-0.05, 0) is 26.0 Å². The Labute approximate surface area is 89.2 Å². The number of pyridine rings is 1. The summed E-state index contributed by atoms with van der Waals surface area (Å²) >= 11 is 0. The van der Waals surface area contributed by atoms with E-state index in [2.05, 4.69) is 9.71 Å². The molecule has 5 nitrogen and oxygen atoms in total. The van der Waals surface area contributed by atoms with Crippen LogP contribution in [0.15, 0.2) is 23.4 Å². The Hall–Kier alpha value is -1.14. The van der Waals surface area contributed by atoms with Gasteiger partial charge in [-0.25, -0.2) is 13.4 Å². The van der Waals surface area contributed by atoms with Crippen LogP contribution in [0.2, 0.25) is 0 Å². The molecule has 1 aliphatic rings. The van der Waals surface area contributed by atoms with Crippen molar-refractivity contribution in [2.75, 3.05) is 11.6 Å². The average Bonchev–Trinajstić information content (AvgIpc) is 2.17. The van der Waals surface area contributed by atoms with Crippen LogP contribution in [0.25, 0.3) is 0 Å². The summed E-state index contributed by atoms with van der Waals surface area (Å²) < 4.78 is 25.8.